The lowest BCUT2D eigenvalue weighted by Gasteiger charge is -2.18. The number of nitrogens with zero attached hydrogens (tertiary/aromatic N) is 1. The molecule has 0 saturated carbocycles. The average Bonchev–Trinajstić information content (AvgIpc) is 2.92. The molecule has 0 spiro atoms. The van der Waals surface area contributed by atoms with E-state index >= 15 is 0 Å². The highest BCUT2D eigenvalue weighted by Gasteiger charge is 2.14. The zero-order valence-electron chi connectivity index (χ0n) is 21.7. The van der Waals surface area contributed by atoms with Crippen molar-refractivity contribution in [3.63, 3.8) is 0 Å². The van der Waals surface area contributed by atoms with Crippen molar-refractivity contribution in [2.24, 2.45) is 0 Å². The summed E-state index contributed by atoms with van der Waals surface area (Å²) in [6, 6.07) is 23.6. The van der Waals surface area contributed by atoms with Gasteiger partial charge in [-0.05, 0) is 64.7 Å². The Hall–Kier alpha value is -2.87. The zero-order valence-corrected chi connectivity index (χ0v) is 21.7. The highest BCUT2D eigenvalue weighted by molar-refractivity contribution is 6.12. The largest absolute Gasteiger partial charge is 0.377 e. The molecule has 1 aliphatic rings. The van der Waals surface area contributed by atoms with Gasteiger partial charge in [-0.2, -0.15) is 0 Å². The predicted octanol–water partition coefficient (Wildman–Crippen LogP) is 5.93. The summed E-state index contributed by atoms with van der Waals surface area (Å²) >= 11 is 0. The van der Waals surface area contributed by atoms with E-state index in [0.29, 0.717) is 52.9 Å². The van der Waals surface area contributed by atoms with Gasteiger partial charge in [0.05, 0.1) is 76.5 Å². The summed E-state index contributed by atoms with van der Waals surface area (Å²) in [5.74, 6) is 0. The molecular weight excluding hydrogens is 466 g/mol. The Morgan fingerprint density at radius 2 is 1.11 bits per heavy atom. The number of ether oxygens (including phenoxy) is 5. The van der Waals surface area contributed by atoms with Crippen LogP contribution in [0.3, 0.4) is 0 Å². The molecule has 6 heteroatoms. The Kier molecular flexibility index (Phi) is 8.76. The number of pyridine rings is 1. The minimum atomic E-state index is -0.0641. The van der Waals surface area contributed by atoms with Crippen LogP contribution in [0.5, 0.6) is 0 Å². The summed E-state index contributed by atoms with van der Waals surface area (Å²) in [5.41, 5.74) is 4.05. The van der Waals surface area contributed by atoms with Crippen LogP contribution in [0, 0.1) is 0 Å². The van der Waals surface area contributed by atoms with Gasteiger partial charge in [0.2, 0.25) is 0 Å². The Bertz CT molecular complexity index is 1230. The summed E-state index contributed by atoms with van der Waals surface area (Å²) < 4.78 is 29.2. The second-order valence-electron chi connectivity index (χ2n) is 9.54. The average molecular weight is 502 g/mol. The van der Waals surface area contributed by atoms with Crippen LogP contribution in [-0.4, -0.2) is 56.8 Å². The van der Waals surface area contributed by atoms with Crippen LogP contribution in [0.2, 0.25) is 0 Å². The lowest BCUT2D eigenvalue weighted by molar-refractivity contribution is -0.0480. The predicted molar refractivity (Wildman–Crippen MR) is 146 cm³/mol. The second-order valence-corrected chi connectivity index (χ2v) is 9.54. The fraction of sp³-hybridized carbons (Fsp3) is 0.387. The van der Waals surface area contributed by atoms with Crippen LogP contribution in [0.25, 0.3) is 32.7 Å². The lowest BCUT2D eigenvalue weighted by atomic mass is 9.92. The van der Waals surface area contributed by atoms with E-state index in [4.69, 9.17) is 28.7 Å². The summed E-state index contributed by atoms with van der Waals surface area (Å²) in [5, 5.41) is 4.86. The monoisotopic (exact) mass is 501 g/mol. The topological polar surface area (TPSA) is 59.0 Å². The smallest absolute Gasteiger partial charge is 0.0893 e. The van der Waals surface area contributed by atoms with Crippen molar-refractivity contribution in [1.82, 2.24) is 4.98 Å². The van der Waals surface area contributed by atoms with Crippen LogP contribution in [-0.2, 0) is 36.9 Å². The van der Waals surface area contributed by atoms with Crippen LogP contribution in [0.15, 0.2) is 66.7 Å². The summed E-state index contributed by atoms with van der Waals surface area (Å²) in [6.45, 7) is 7.94. The van der Waals surface area contributed by atoms with Crippen LogP contribution >= 0.6 is 0 Å². The number of rotatable bonds is 1. The maximum Gasteiger partial charge on any atom is 0.0893 e. The van der Waals surface area contributed by atoms with Gasteiger partial charge in [0.25, 0.3) is 0 Å². The highest BCUT2D eigenvalue weighted by atomic mass is 16.6. The number of benzene rings is 3. The molecular formula is C31H35NO5. The molecule has 0 unspecified atom stereocenters. The number of hydrogen-bond donors (Lipinski definition) is 0. The first-order valence-corrected chi connectivity index (χ1v) is 13.0. The molecule has 0 saturated heterocycles. The number of fused-ring (bicyclic) bond motifs is 4. The van der Waals surface area contributed by atoms with Crippen molar-refractivity contribution in [2.75, 3.05) is 39.6 Å². The number of aromatic nitrogens is 1. The maximum atomic E-state index is 6.12. The van der Waals surface area contributed by atoms with E-state index in [1.807, 2.05) is 13.8 Å². The molecule has 37 heavy (non-hydrogen) atoms. The quantitative estimate of drug-likeness (QED) is 0.302. The minimum absolute atomic E-state index is 0.0641. The van der Waals surface area contributed by atoms with Crippen LogP contribution in [0.4, 0.5) is 0 Å². The Morgan fingerprint density at radius 3 is 1.65 bits per heavy atom. The molecule has 194 valence electrons. The summed E-state index contributed by atoms with van der Waals surface area (Å²) in [7, 11) is 0. The summed E-state index contributed by atoms with van der Waals surface area (Å²) in [6.07, 6.45) is -0.128. The van der Waals surface area contributed by atoms with E-state index in [1.165, 1.54) is 27.1 Å². The maximum absolute atomic E-state index is 6.12. The standard InChI is InChI=1S/C31H35NO5/c1-22-18-34-13-11-33-12-14-35-19-23(2)37-21-28-17-26(16-27(32-28)20-36-22)31-29-9-5-3-7-24(29)15-25-8-4-6-10-30(25)31/h3-10,15-17,22-23H,11-14,18-21H2,1-2H3/t22-,23-/m0/s1. The third kappa shape index (κ3) is 6.72. The molecule has 5 rings (SSSR count). The molecule has 1 aliphatic heterocycles. The fourth-order valence-electron chi connectivity index (χ4n) is 4.65. The van der Waals surface area contributed by atoms with E-state index in [9.17, 15) is 0 Å². The first-order valence-electron chi connectivity index (χ1n) is 13.0. The van der Waals surface area contributed by atoms with Gasteiger partial charge >= 0.3 is 0 Å². The molecule has 0 radical (unpaired) electrons. The Morgan fingerprint density at radius 1 is 0.622 bits per heavy atom. The van der Waals surface area contributed by atoms with E-state index in [1.54, 1.807) is 0 Å². The normalized spacial score (nSPS) is 20.9. The third-order valence-electron chi connectivity index (χ3n) is 6.47. The lowest BCUT2D eigenvalue weighted by Crippen LogP contribution is -2.20. The molecule has 0 amide bonds. The van der Waals surface area contributed by atoms with Crippen molar-refractivity contribution in [3.05, 3.63) is 78.1 Å². The van der Waals surface area contributed by atoms with Crippen molar-refractivity contribution < 1.29 is 23.7 Å². The van der Waals surface area contributed by atoms with Gasteiger partial charge in [0, 0.05) is 0 Å². The molecule has 6 nitrogen and oxygen atoms in total. The highest BCUT2D eigenvalue weighted by Crippen LogP contribution is 2.37. The van der Waals surface area contributed by atoms with Crippen molar-refractivity contribution >= 4 is 21.5 Å². The first kappa shape index (κ1) is 25.8. The van der Waals surface area contributed by atoms with E-state index < -0.39 is 0 Å². The van der Waals surface area contributed by atoms with E-state index in [0.717, 1.165) is 17.0 Å². The molecule has 0 fully saturated rings. The van der Waals surface area contributed by atoms with Gasteiger partial charge in [0.1, 0.15) is 0 Å². The second kappa shape index (κ2) is 12.6. The third-order valence-corrected chi connectivity index (χ3v) is 6.47. The molecule has 2 bridgehead atoms. The molecule has 3 aromatic carbocycles. The minimum Gasteiger partial charge on any atom is -0.377 e. The van der Waals surface area contributed by atoms with Crippen LogP contribution < -0.4 is 0 Å². The Labute approximate surface area is 218 Å². The fourth-order valence-corrected chi connectivity index (χ4v) is 4.65. The first-order chi connectivity index (χ1) is 18.2. The number of hydrogen-bond acceptors (Lipinski definition) is 6. The van der Waals surface area contributed by atoms with Gasteiger partial charge in [-0.1, -0.05) is 48.5 Å². The van der Waals surface area contributed by atoms with Crippen LogP contribution in [0.1, 0.15) is 25.2 Å². The van der Waals surface area contributed by atoms with E-state index in [2.05, 4.69) is 66.7 Å². The van der Waals surface area contributed by atoms with Gasteiger partial charge in [-0.25, -0.2) is 0 Å². The molecule has 2 atom stereocenters. The van der Waals surface area contributed by atoms with Gasteiger partial charge in [-0.15, -0.1) is 0 Å². The SMILES string of the molecule is C[C@H]1COCCOCCOC[C@H](C)OCc2cc(-c3c4ccccc4cc4ccccc34)cc(n2)CO1. The molecule has 2 heterocycles. The zero-order chi connectivity index (χ0) is 25.5. The summed E-state index contributed by atoms with van der Waals surface area (Å²) in [4.78, 5) is 4.90. The van der Waals surface area contributed by atoms with Gasteiger partial charge in [0.15, 0.2) is 0 Å². The van der Waals surface area contributed by atoms with Crippen molar-refractivity contribution in [3.8, 4) is 11.1 Å². The van der Waals surface area contributed by atoms with E-state index in [-0.39, 0.29) is 12.2 Å². The van der Waals surface area contributed by atoms with Crippen molar-refractivity contribution in [2.45, 2.75) is 39.3 Å². The van der Waals surface area contributed by atoms with Crippen molar-refractivity contribution in [1.29, 1.82) is 0 Å². The molecule has 0 N–H and O–H groups in total. The van der Waals surface area contributed by atoms with Gasteiger partial charge in [-0.3, -0.25) is 4.98 Å². The molecule has 4 aromatic rings. The Balaban J connectivity index is 1.53. The molecule has 0 aliphatic carbocycles. The van der Waals surface area contributed by atoms with Gasteiger partial charge < -0.3 is 23.7 Å². The molecule has 1 aromatic heterocycles.